The smallest absolute Gasteiger partial charge is 0.262 e. The Balaban J connectivity index is 1.97. The number of hydrogen-bond acceptors (Lipinski definition) is 3. The maximum Gasteiger partial charge on any atom is 0.262 e. The molecule has 1 N–H and O–H groups in total. The molecule has 0 aliphatic carbocycles. The minimum atomic E-state index is -0.348. The largest absolute Gasteiger partial charge is 0.376 e. The normalized spacial score (nSPS) is 19.2. The van der Waals surface area contributed by atoms with Crippen molar-refractivity contribution >= 4 is 12.0 Å². The Morgan fingerprint density at radius 3 is 3.16 bits per heavy atom. The summed E-state index contributed by atoms with van der Waals surface area (Å²) < 4.78 is 7.27. The van der Waals surface area contributed by atoms with E-state index in [-0.39, 0.29) is 17.6 Å². The first-order chi connectivity index (χ1) is 9.20. The number of amides is 1. The first-order valence-electron chi connectivity index (χ1n) is 6.33. The lowest BCUT2D eigenvalue weighted by Crippen LogP contribution is -2.32. The number of aryl methyl sites for hydroxylation is 1. The van der Waals surface area contributed by atoms with Gasteiger partial charge in [-0.25, -0.2) is 0 Å². The minimum Gasteiger partial charge on any atom is -0.376 e. The number of aromatic nitrogens is 1. The fourth-order valence-electron chi connectivity index (χ4n) is 2.03. The molecule has 19 heavy (non-hydrogen) atoms. The molecule has 2 rings (SSSR count). The standard InChI is InChI=1S/C14H17N3O2/c1-17-6-2-4-12(17)8-11(9-15)14(18)16-10-13-5-3-7-19-13/h2,4,6,8,13H,3,5,7,10H2,1H3,(H,16,18). The van der Waals surface area contributed by atoms with Gasteiger partial charge in [0, 0.05) is 32.1 Å². The lowest BCUT2D eigenvalue weighted by Gasteiger charge is -2.10. The van der Waals surface area contributed by atoms with Crippen LogP contribution in [0.5, 0.6) is 0 Å². The maximum absolute atomic E-state index is 11.9. The molecule has 1 aliphatic heterocycles. The zero-order valence-corrected chi connectivity index (χ0v) is 10.9. The van der Waals surface area contributed by atoms with Crippen molar-refractivity contribution < 1.29 is 9.53 Å². The van der Waals surface area contributed by atoms with Gasteiger partial charge in [0.25, 0.3) is 5.91 Å². The van der Waals surface area contributed by atoms with E-state index in [1.54, 1.807) is 6.08 Å². The van der Waals surface area contributed by atoms with Crippen LogP contribution in [0.3, 0.4) is 0 Å². The van der Waals surface area contributed by atoms with E-state index in [4.69, 9.17) is 10.00 Å². The van der Waals surface area contributed by atoms with Gasteiger partial charge in [-0.2, -0.15) is 5.26 Å². The summed E-state index contributed by atoms with van der Waals surface area (Å²) in [6.07, 6.45) is 5.53. The highest BCUT2D eigenvalue weighted by Gasteiger charge is 2.17. The second kappa shape index (κ2) is 6.21. The summed E-state index contributed by atoms with van der Waals surface area (Å²) in [4.78, 5) is 11.9. The third kappa shape index (κ3) is 3.46. The van der Waals surface area contributed by atoms with Gasteiger partial charge in [0.1, 0.15) is 11.6 Å². The average molecular weight is 259 g/mol. The summed E-state index contributed by atoms with van der Waals surface area (Å²) in [5.41, 5.74) is 0.934. The quantitative estimate of drug-likeness (QED) is 0.653. The molecule has 1 fully saturated rings. The van der Waals surface area contributed by atoms with Gasteiger partial charge in [0.2, 0.25) is 0 Å². The van der Waals surface area contributed by atoms with Crippen molar-refractivity contribution in [1.29, 1.82) is 5.26 Å². The van der Waals surface area contributed by atoms with Crippen LogP contribution in [0, 0.1) is 11.3 Å². The molecule has 2 heterocycles. The van der Waals surface area contributed by atoms with Gasteiger partial charge in [-0.1, -0.05) is 0 Å². The van der Waals surface area contributed by atoms with Crippen LogP contribution in [0.2, 0.25) is 0 Å². The van der Waals surface area contributed by atoms with Crippen molar-refractivity contribution in [3.05, 3.63) is 29.6 Å². The van der Waals surface area contributed by atoms with Crippen LogP contribution < -0.4 is 5.32 Å². The number of hydrogen-bond donors (Lipinski definition) is 1. The molecule has 1 aromatic rings. The molecule has 0 saturated carbocycles. The Labute approximate surface area is 112 Å². The van der Waals surface area contributed by atoms with Crippen LogP contribution in [0.15, 0.2) is 23.9 Å². The fraction of sp³-hybridized carbons (Fsp3) is 0.429. The van der Waals surface area contributed by atoms with Crippen molar-refractivity contribution in [1.82, 2.24) is 9.88 Å². The molecule has 5 heteroatoms. The molecule has 1 amide bonds. The van der Waals surface area contributed by atoms with Gasteiger partial charge in [-0.3, -0.25) is 4.79 Å². The predicted molar refractivity (Wildman–Crippen MR) is 71.0 cm³/mol. The van der Waals surface area contributed by atoms with E-state index in [9.17, 15) is 4.79 Å². The molecule has 0 aromatic carbocycles. The summed E-state index contributed by atoms with van der Waals surface area (Å²) >= 11 is 0. The van der Waals surface area contributed by atoms with E-state index in [0.717, 1.165) is 25.1 Å². The van der Waals surface area contributed by atoms with Gasteiger partial charge in [0.15, 0.2) is 0 Å². The zero-order chi connectivity index (χ0) is 13.7. The van der Waals surface area contributed by atoms with E-state index in [1.807, 2.05) is 36.0 Å². The molecule has 0 bridgehead atoms. The second-order valence-electron chi connectivity index (χ2n) is 4.56. The molecular formula is C14H17N3O2. The van der Waals surface area contributed by atoms with Crippen LogP contribution in [0.1, 0.15) is 18.5 Å². The zero-order valence-electron chi connectivity index (χ0n) is 10.9. The van der Waals surface area contributed by atoms with E-state index in [2.05, 4.69) is 5.32 Å². The third-order valence-electron chi connectivity index (χ3n) is 3.16. The van der Waals surface area contributed by atoms with Crippen LogP contribution >= 0.6 is 0 Å². The monoisotopic (exact) mass is 259 g/mol. The Morgan fingerprint density at radius 1 is 1.74 bits per heavy atom. The van der Waals surface area contributed by atoms with Crippen molar-refractivity contribution in [3.8, 4) is 6.07 Å². The van der Waals surface area contributed by atoms with E-state index in [0.29, 0.717) is 6.54 Å². The number of rotatable bonds is 4. The van der Waals surface area contributed by atoms with Crippen molar-refractivity contribution in [2.24, 2.45) is 7.05 Å². The number of carbonyl (C=O) groups is 1. The van der Waals surface area contributed by atoms with Crippen molar-refractivity contribution in [2.75, 3.05) is 13.2 Å². The second-order valence-corrected chi connectivity index (χ2v) is 4.56. The minimum absolute atomic E-state index is 0.0823. The number of carbonyl (C=O) groups excluding carboxylic acids is 1. The first kappa shape index (κ1) is 13.4. The summed E-state index contributed by atoms with van der Waals surface area (Å²) in [6.45, 7) is 1.22. The topological polar surface area (TPSA) is 67.0 Å². The molecule has 5 nitrogen and oxygen atoms in total. The molecule has 1 saturated heterocycles. The first-order valence-corrected chi connectivity index (χ1v) is 6.33. The van der Waals surface area contributed by atoms with Crippen LogP contribution in [0.25, 0.3) is 6.08 Å². The van der Waals surface area contributed by atoms with Gasteiger partial charge in [-0.05, 0) is 31.1 Å². The lowest BCUT2D eigenvalue weighted by molar-refractivity contribution is -0.117. The van der Waals surface area contributed by atoms with E-state index in [1.165, 1.54) is 0 Å². The average Bonchev–Trinajstić information content (AvgIpc) is 3.05. The number of nitriles is 1. The Morgan fingerprint density at radius 2 is 2.58 bits per heavy atom. The Kier molecular flexibility index (Phi) is 4.37. The van der Waals surface area contributed by atoms with Crippen molar-refractivity contribution in [2.45, 2.75) is 18.9 Å². The molecule has 1 unspecified atom stereocenters. The maximum atomic E-state index is 11.9. The predicted octanol–water partition coefficient (Wildman–Crippen LogP) is 1.23. The highest BCUT2D eigenvalue weighted by atomic mass is 16.5. The molecule has 0 spiro atoms. The lowest BCUT2D eigenvalue weighted by atomic mass is 10.2. The van der Waals surface area contributed by atoms with Gasteiger partial charge in [0.05, 0.1) is 6.10 Å². The van der Waals surface area contributed by atoms with Crippen LogP contribution in [0.4, 0.5) is 0 Å². The summed E-state index contributed by atoms with van der Waals surface area (Å²) in [6, 6.07) is 5.66. The van der Waals surface area contributed by atoms with Crippen LogP contribution in [-0.2, 0) is 16.6 Å². The number of ether oxygens (including phenoxy) is 1. The van der Waals surface area contributed by atoms with Gasteiger partial charge in [-0.15, -0.1) is 0 Å². The van der Waals surface area contributed by atoms with Crippen LogP contribution in [-0.4, -0.2) is 29.7 Å². The summed E-state index contributed by atoms with van der Waals surface area (Å²) in [5.74, 6) is -0.348. The third-order valence-corrected chi connectivity index (χ3v) is 3.16. The Bertz CT molecular complexity index is 519. The SMILES string of the molecule is Cn1cccc1C=C(C#N)C(=O)NCC1CCCO1. The van der Waals surface area contributed by atoms with Gasteiger partial charge >= 0.3 is 0 Å². The molecule has 1 aromatic heterocycles. The fourth-order valence-corrected chi connectivity index (χ4v) is 2.03. The molecular weight excluding hydrogens is 242 g/mol. The molecule has 0 radical (unpaired) electrons. The Hall–Kier alpha value is -2.06. The molecule has 100 valence electrons. The van der Waals surface area contributed by atoms with E-state index >= 15 is 0 Å². The highest BCUT2D eigenvalue weighted by molar-refractivity contribution is 6.01. The number of nitrogens with zero attached hydrogens (tertiary/aromatic N) is 2. The summed E-state index contributed by atoms with van der Waals surface area (Å²) in [7, 11) is 1.87. The van der Waals surface area contributed by atoms with E-state index < -0.39 is 0 Å². The van der Waals surface area contributed by atoms with Gasteiger partial charge < -0.3 is 14.6 Å². The molecule has 1 aliphatic rings. The van der Waals surface area contributed by atoms with Crippen molar-refractivity contribution in [3.63, 3.8) is 0 Å². The number of nitrogens with one attached hydrogen (secondary N) is 1. The molecule has 1 atom stereocenters. The highest BCUT2D eigenvalue weighted by Crippen LogP contribution is 2.11. The summed E-state index contributed by atoms with van der Waals surface area (Å²) in [5, 5.41) is 11.8.